The Morgan fingerprint density at radius 2 is 2.37 bits per heavy atom. The van der Waals surface area contributed by atoms with Crippen LogP contribution in [0.15, 0.2) is 9.98 Å². The number of hydrogen-bond acceptors (Lipinski definition) is 4. The molecule has 0 aromatic rings. The van der Waals surface area contributed by atoms with Gasteiger partial charge >= 0.3 is 0 Å². The van der Waals surface area contributed by atoms with Gasteiger partial charge < -0.3 is 10.6 Å². The predicted molar refractivity (Wildman–Crippen MR) is 85.3 cm³/mol. The van der Waals surface area contributed by atoms with Crippen molar-refractivity contribution in [2.45, 2.75) is 38.7 Å². The van der Waals surface area contributed by atoms with Gasteiger partial charge in [-0.15, -0.1) is 0 Å². The third-order valence-electron chi connectivity index (χ3n) is 4.13. The second-order valence-corrected chi connectivity index (χ2v) is 5.71. The third-order valence-corrected chi connectivity index (χ3v) is 4.13. The van der Waals surface area contributed by atoms with E-state index in [1.807, 2.05) is 0 Å². The van der Waals surface area contributed by atoms with Crippen LogP contribution in [0.25, 0.3) is 0 Å². The Morgan fingerprint density at radius 3 is 3.05 bits per heavy atom. The molecule has 4 nitrogen and oxygen atoms in total. The molecular formula is C14H27BN4. The molecule has 1 saturated heterocycles. The predicted octanol–water partition coefficient (Wildman–Crippen LogP) is 0.505. The van der Waals surface area contributed by atoms with E-state index in [0.29, 0.717) is 23.8 Å². The van der Waals surface area contributed by atoms with Crippen molar-refractivity contribution in [1.29, 1.82) is 0 Å². The molecule has 4 unspecified atom stereocenters. The fourth-order valence-electron chi connectivity index (χ4n) is 3.35. The highest BCUT2D eigenvalue weighted by Gasteiger charge is 2.34. The molecule has 19 heavy (non-hydrogen) atoms. The molecule has 0 aliphatic carbocycles. The summed E-state index contributed by atoms with van der Waals surface area (Å²) >= 11 is 0. The topological polar surface area (TPSA) is 48.8 Å². The smallest absolute Gasteiger partial charge is 0.112 e. The molecule has 2 N–H and O–H groups in total. The summed E-state index contributed by atoms with van der Waals surface area (Å²) < 4.78 is 0. The van der Waals surface area contributed by atoms with Crippen LogP contribution >= 0.6 is 0 Å². The molecular weight excluding hydrogens is 235 g/mol. The standard InChI is InChI=1S/C14H27BN4/c1-3-17-13(10-7-11(15)9-16-8-10)12-5-6-19-14(12)18-4-2/h9-12,14,18-19H,3-8,15H2,1-2H3/b17-13-. The molecule has 0 spiro atoms. The number of rotatable bonds is 5. The van der Waals surface area contributed by atoms with Crippen LogP contribution in [0.2, 0.25) is 5.82 Å². The van der Waals surface area contributed by atoms with Crippen LogP contribution in [0.1, 0.15) is 26.7 Å². The first-order valence-electron chi connectivity index (χ1n) is 7.77. The van der Waals surface area contributed by atoms with Crippen LogP contribution in [0.4, 0.5) is 0 Å². The van der Waals surface area contributed by atoms with E-state index in [2.05, 4.69) is 43.5 Å². The van der Waals surface area contributed by atoms with Crippen molar-refractivity contribution in [3.05, 3.63) is 0 Å². The van der Waals surface area contributed by atoms with Gasteiger partial charge in [-0.2, -0.15) is 0 Å². The van der Waals surface area contributed by atoms with E-state index in [-0.39, 0.29) is 0 Å². The first-order chi connectivity index (χ1) is 9.26. The Balaban J connectivity index is 2.11. The van der Waals surface area contributed by atoms with E-state index in [1.165, 1.54) is 18.6 Å². The summed E-state index contributed by atoms with van der Waals surface area (Å²) in [5, 5.41) is 7.12. The molecule has 4 atom stereocenters. The Morgan fingerprint density at radius 1 is 1.53 bits per heavy atom. The minimum absolute atomic E-state index is 0.400. The van der Waals surface area contributed by atoms with Crippen molar-refractivity contribution in [3.8, 4) is 0 Å². The maximum absolute atomic E-state index is 4.86. The highest BCUT2D eigenvalue weighted by Crippen LogP contribution is 2.27. The summed E-state index contributed by atoms with van der Waals surface area (Å²) in [6.45, 7) is 8.22. The van der Waals surface area contributed by atoms with Gasteiger partial charge in [0.15, 0.2) is 0 Å². The van der Waals surface area contributed by atoms with Crippen molar-refractivity contribution in [3.63, 3.8) is 0 Å². The van der Waals surface area contributed by atoms with Gasteiger partial charge in [0.2, 0.25) is 0 Å². The van der Waals surface area contributed by atoms with E-state index in [4.69, 9.17) is 4.99 Å². The zero-order valence-electron chi connectivity index (χ0n) is 12.5. The molecule has 0 bridgehead atoms. The molecule has 0 saturated carbocycles. The number of hydrogen-bond donors (Lipinski definition) is 2. The van der Waals surface area contributed by atoms with Gasteiger partial charge in [-0.05, 0) is 44.9 Å². The molecule has 106 valence electrons. The number of nitrogens with one attached hydrogen (secondary N) is 2. The lowest BCUT2D eigenvalue weighted by Crippen LogP contribution is -2.46. The van der Waals surface area contributed by atoms with Gasteiger partial charge in [-0.25, -0.2) is 0 Å². The summed E-state index contributed by atoms with van der Waals surface area (Å²) in [7, 11) is 2.26. The van der Waals surface area contributed by atoms with Crippen molar-refractivity contribution >= 4 is 19.8 Å². The Kier molecular flexibility index (Phi) is 5.58. The van der Waals surface area contributed by atoms with E-state index in [1.54, 1.807) is 0 Å². The summed E-state index contributed by atoms with van der Waals surface area (Å²) in [4.78, 5) is 9.40. The second-order valence-electron chi connectivity index (χ2n) is 5.71. The maximum atomic E-state index is 4.86. The van der Waals surface area contributed by atoms with Crippen LogP contribution in [0.3, 0.4) is 0 Å². The van der Waals surface area contributed by atoms with Crippen molar-refractivity contribution in [2.75, 3.05) is 26.2 Å². The first kappa shape index (κ1) is 14.7. The molecule has 0 aromatic carbocycles. The van der Waals surface area contributed by atoms with Crippen LogP contribution in [-0.4, -0.2) is 52.1 Å². The Hall–Kier alpha value is -0.675. The van der Waals surface area contributed by atoms with Crippen LogP contribution < -0.4 is 10.6 Å². The van der Waals surface area contributed by atoms with Gasteiger partial charge in [-0.1, -0.05) is 6.92 Å². The molecule has 0 aromatic heterocycles. The zero-order chi connectivity index (χ0) is 13.7. The lowest BCUT2D eigenvalue weighted by atomic mass is 9.75. The largest absolute Gasteiger partial charge is 0.302 e. The van der Waals surface area contributed by atoms with E-state index in [9.17, 15) is 0 Å². The normalized spacial score (nSPS) is 35.8. The quantitative estimate of drug-likeness (QED) is 0.560. The van der Waals surface area contributed by atoms with Gasteiger partial charge in [0.25, 0.3) is 0 Å². The zero-order valence-corrected chi connectivity index (χ0v) is 12.5. The summed E-state index contributed by atoms with van der Waals surface area (Å²) in [5.74, 6) is 1.68. The fourth-order valence-corrected chi connectivity index (χ4v) is 3.35. The van der Waals surface area contributed by atoms with Crippen LogP contribution in [-0.2, 0) is 0 Å². The highest BCUT2D eigenvalue weighted by molar-refractivity contribution is 6.20. The number of aliphatic imine (C=N–C) groups is 2. The van der Waals surface area contributed by atoms with Crippen LogP contribution in [0.5, 0.6) is 0 Å². The van der Waals surface area contributed by atoms with E-state index >= 15 is 0 Å². The monoisotopic (exact) mass is 262 g/mol. The molecule has 2 rings (SSSR count). The first-order valence-corrected chi connectivity index (χ1v) is 7.77. The van der Waals surface area contributed by atoms with E-state index < -0.39 is 0 Å². The Bertz CT molecular complexity index is 342. The van der Waals surface area contributed by atoms with Gasteiger partial charge in [0.05, 0.1) is 6.17 Å². The molecule has 2 heterocycles. The minimum Gasteiger partial charge on any atom is -0.302 e. The highest BCUT2D eigenvalue weighted by atomic mass is 15.1. The summed E-state index contributed by atoms with van der Waals surface area (Å²) in [6, 6.07) is 0. The van der Waals surface area contributed by atoms with Crippen molar-refractivity contribution in [2.24, 2.45) is 21.8 Å². The summed E-state index contributed by atoms with van der Waals surface area (Å²) in [5.41, 5.74) is 1.40. The lowest BCUT2D eigenvalue weighted by Gasteiger charge is -2.30. The van der Waals surface area contributed by atoms with Crippen molar-refractivity contribution < 1.29 is 0 Å². The minimum atomic E-state index is 0.400. The molecule has 0 amide bonds. The molecule has 1 fully saturated rings. The average Bonchev–Trinajstić information content (AvgIpc) is 2.84. The van der Waals surface area contributed by atoms with Gasteiger partial charge in [0.1, 0.15) is 7.85 Å². The van der Waals surface area contributed by atoms with Crippen molar-refractivity contribution in [1.82, 2.24) is 10.6 Å². The Labute approximate surface area is 118 Å². The lowest BCUT2D eigenvalue weighted by molar-refractivity contribution is 0.437. The maximum Gasteiger partial charge on any atom is 0.112 e. The van der Waals surface area contributed by atoms with Crippen LogP contribution in [0, 0.1) is 11.8 Å². The molecule has 0 radical (unpaired) electrons. The van der Waals surface area contributed by atoms with Gasteiger partial charge in [-0.3, -0.25) is 9.98 Å². The second kappa shape index (κ2) is 7.20. The molecule has 5 heteroatoms. The number of nitrogens with zero attached hydrogens (tertiary/aromatic N) is 2. The average molecular weight is 262 g/mol. The third kappa shape index (κ3) is 3.66. The molecule has 2 aliphatic heterocycles. The van der Waals surface area contributed by atoms with E-state index in [0.717, 1.165) is 26.2 Å². The summed E-state index contributed by atoms with van der Waals surface area (Å²) in [6.07, 6.45) is 4.91. The SMILES string of the molecule is BC1C=NCC(/C(=N/CC)C2CCNC2NCC)C1. The fraction of sp³-hybridized carbons (Fsp3) is 0.857. The van der Waals surface area contributed by atoms with Gasteiger partial charge in [0, 0.05) is 30.6 Å². The molecule has 2 aliphatic rings.